The van der Waals surface area contributed by atoms with Gasteiger partial charge in [0.1, 0.15) is 10.0 Å². The molecule has 0 fully saturated rings. The van der Waals surface area contributed by atoms with Crippen LogP contribution in [-0.4, -0.2) is 23.0 Å². The van der Waals surface area contributed by atoms with Crippen molar-refractivity contribution in [1.82, 2.24) is 20.6 Å². The van der Waals surface area contributed by atoms with Gasteiger partial charge in [-0.3, -0.25) is 4.99 Å². The summed E-state index contributed by atoms with van der Waals surface area (Å²) in [7, 11) is 1.78. The van der Waals surface area contributed by atoms with Gasteiger partial charge < -0.3 is 10.6 Å². The predicted octanol–water partition coefficient (Wildman–Crippen LogP) is 4.50. The van der Waals surface area contributed by atoms with Gasteiger partial charge in [-0.1, -0.05) is 34.6 Å². The van der Waals surface area contributed by atoms with Crippen molar-refractivity contribution in [2.75, 3.05) is 7.05 Å². The molecule has 2 rings (SSSR count). The van der Waals surface area contributed by atoms with Crippen LogP contribution >= 0.6 is 46.7 Å². The van der Waals surface area contributed by atoms with Crippen LogP contribution in [0.4, 0.5) is 0 Å². The summed E-state index contributed by atoms with van der Waals surface area (Å²) in [4.78, 5) is 13.6. The molecule has 25 heavy (non-hydrogen) atoms. The summed E-state index contributed by atoms with van der Waals surface area (Å²) in [6, 6.07) is 0. The van der Waals surface area contributed by atoms with Crippen LogP contribution in [0.25, 0.3) is 0 Å². The maximum Gasteiger partial charge on any atom is 0.191 e. The third-order valence-corrected chi connectivity index (χ3v) is 5.23. The van der Waals surface area contributed by atoms with Crippen LogP contribution in [0.2, 0.25) is 0 Å². The molecule has 0 aliphatic heterocycles. The molecule has 0 saturated carbocycles. The van der Waals surface area contributed by atoms with Gasteiger partial charge in [0.2, 0.25) is 0 Å². The molecule has 5 nitrogen and oxygen atoms in total. The van der Waals surface area contributed by atoms with Gasteiger partial charge >= 0.3 is 0 Å². The van der Waals surface area contributed by atoms with Crippen LogP contribution in [0.5, 0.6) is 0 Å². The average molecular weight is 493 g/mol. The average Bonchev–Trinajstić information content (AvgIpc) is 3.16. The first-order valence-electron chi connectivity index (χ1n) is 8.13. The lowest BCUT2D eigenvalue weighted by Crippen LogP contribution is -2.36. The Bertz CT molecular complexity index is 685. The van der Waals surface area contributed by atoms with Crippen LogP contribution < -0.4 is 10.6 Å². The van der Waals surface area contributed by atoms with Crippen LogP contribution in [0.15, 0.2) is 15.8 Å². The van der Waals surface area contributed by atoms with E-state index in [9.17, 15) is 0 Å². The smallest absolute Gasteiger partial charge is 0.191 e. The Kier molecular flexibility index (Phi) is 8.76. The number of rotatable bonds is 5. The number of guanidine groups is 1. The van der Waals surface area contributed by atoms with E-state index in [1.165, 1.54) is 0 Å². The lowest BCUT2D eigenvalue weighted by molar-refractivity contribution is 0.570. The summed E-state index contributed by atoms with van der Waals surface area (Å²) < 4.78 is 0. The van der Waals surface area contributed by atoms with Gasteiger partial charge in [0.05, 0.1) is 24.5 Å². The predicted molar refractivity (Wildman–Crippen MR) is 119 cm³/mol. The molecule has 2 aromatic rings. The number of aliphatic imine (C=N–C) groups is 1. The number of aromatic nitrogens is 2. The van der Waals surface area contributed by atoms with Crippen molar-refractivity contribution >= 4 is 52.6 Å². The fourth-order valence-corrected chi connectivity index (χ4v) is 3.80. The van der Waals surface area contributed by atoms with Crippen molar-refractivity contribution in [1.29, 1.82) is 0 Å². The number of hydrogen-bond donors (Lipinski definition) is 2. The molecule has 0 unspecified atom stereocenters. The zero-order valence-electron chi connectivity index (χ0n) is 15.7. The fraction of sp³-hybridized carbons (Fsp3) is 0.588. The maximum atomic E-state index is 4.69. The van der Waals surface area contributed by atoms with Crippen molar-refractivity contribution in [3.8, 4) is 0 Å². The monoisotopic (exact) mass is 493 g/mol. The fourth-order valence-electron chi connectivity index (χ4n) is 1.95. The SMILES string of the molecule is CN=C(NCc1nc(C(C)C)cs1)NCc1nc(C(C)(C)C)cs1.I. The molecule has 140 valence electrons. The van der Waals surface area contributed by atoms with E-state index in [2.05, 4.69) is 66.0 Å². The first-order chi connectivity index (χ1) is 11.3. The molecule has 0 aliphatic rings. The molecule has 0 bridgehead atoms. The van der Waals surface area contributed by atoms with E-state index in [1.54, 1.807) is 29.7 Å². The van der Waals surface area contributed by atoms with Crippen LogP contribution in [-0.2, 0) is 18.5 Å². The minimum absolute atomic E-state index is 0. The maximum absolute atomic E-state index is 4.69. The highest BCUT2D eigenvalue weighted by atomic mass is 127. The number of halogens is 1. The van der Waals surface area contributed by atoms with Gasteiger partial charge in [-0.2, -0.15) is 0 Å². The van der Waals surface area contributed by atoms with Crippen molar-refractivity contribution in [2.45, 2.75) is 59.0 Å². The van der Waals surface area contributed by atoms with Gasteiger partial charge in [0.25, 0.3) is 0 Å². The Morgan fingerprint density at radius 1 is 1.08 bits per heavy atom. The molecule has 8 heteroatoms. The molecule has 0 spiro atoms. The first-order valence-corrected chi connectivity index (χ1v) is 9.89. The van der Waals surface area contributed by atoms with Crippen LogP contribution in [0, 0.1) is 0 Å². The van der Waals surface area contributed by atoms with E-state index in [4.69, 9.17) is 4.98 Å². The normalized spacial score (nSPS) is 12.2. The molecular weight excluding hydrogens is 465 g/mol. The second-order valence-corrected chi connectivity index (χ2v) is 8.86. The van der Waals surface area contributed by atoms with E-state index in [0.717, 1.165) is 27.4 Å². The van der Waals surface area contributed by atoms with E-state index < -0.39 is 0 Å². The molecule has 0 amide bonds. The second-order valence-electron chi connectivity index (χ2n) is 6.98. The van der Waals surface area contributed by atoms with Crippen molar-refractivity contribution < 1.29 is 0 Å². The molecule has 0 aliphatic carbocycles. The second kappa shape index (κ2) is 9.82. The Morgan fingerprint density at radius 2 is 1.64 bits per heavy atom. The molecule has 0 saturated heterocycles. The highest BCUT2D eigenvalue weighted by Gasteiger charge is 2.17. The van der Waals surface area contributed by atoms with Gasteiger partial charge in [-0.05, 0) is 5.92 Å². The highest BCUT2D eigenvalue weighted by Crippen LogP contribution is 2.23. The molecule has 0 aromatic carbocycles. The summed E-state index contributed by atoms with van der Waals surface area (Å²) in [6.07, 6.45) is 0. The van der Waals surface area contributed by atoms with Crippen LogP contribution in [0.1, 0.15) is 61.9 Å². The Morgan fingerprint density at radius 3 is 2.08 bits per heavy atom. The van der Waals surface area contributed by atoms with Gasteiger partial charge in [0.15, 0.2) is 5.96 Å². The molecule has 0 radical (unpaired) electrons. The summed E-state index contributed by atoms with van der Waals surface area (Å²) >= 11 is 3.37. The zero-order chi connectivity index (χ0) is 17.7. The molecule has 2 aromatic heterocycles. The van der Waals surface area contributed by atoms with Gasteiger partial charge in [-0.25, -0.2) is 9.97 Å². The number of thiazole rings is 2. The Balaban J connectivity index is 0.00000312. The van der Waals surface area contributed by atoms with Crippen LogP contribution in [0.3, 0.4) is 0 Å². The van der Waals surface area contributed by atoms with E-state index in [-0.39, 0.29) is 29.4 Å². The third-order valence-electron chi connectivity index (χ3n) is 3.52. The Labute approximate surface area is 175 Å². The molecule has 2 N–H and O–H groups in total. The highest BCUT2D eigenvalue weighted by molar-refractivity contribution is 14.0. The third kappa shape index (κ3) is 6.82. The van der Waals surface area contributed by atoms with Crippen molar-refractivity contribution in [3.63, 3.8) is 0 Å². The van der Waals surface area contributed by atoms with E-state index in [1.807, 2.05) is 0 Å². The number of hydrogen-bond acceptors (Lipinski definition) is 5. The quantitative estimate of drug-likeness (QED) is 0.366. The van der Waals surface area contributed by atoms with Gasteiger partial charge in [0, 0.05) is 23.2 Å². The summed E-state index contributed by atoms with van der Waals surface area (Å²) in [5, 5.41) is 13.0. The summed E-state index contributed by atoms with van der Waals surface area (Å²) in [6.45, 7) is 12.2. The molecule has 0 atom stereocenters. The molecular formula is C17H28IN5S2. The van der Waals surface area contributed by atoms with E-state index in [0.29, 0.717) is 19.0 Å². The van der Waals surface area contributed by atoms with Crippen molar-refractivity contribution in [3.05, 3.63) is 32.2 Å². The standard InChI is InChI=1S/C17H27N5S2.HI/c1-11(2)12-9-23-14(21-12)7-19-16(18-6)20-8-15-22-13(10-24-15)17(3,4)5;/h9-11H,7-8H2,1-6H3,(H2,18,19,20);1H. The summed E-state index contributed by atoms with van der Waals surface area (Å²) in [5.74, 6) is 1.23. The first kappa shape index (κ1) is 22.3. The topological polar surface area (TPSA) is 62.2 Å². The number of nitrogens with one attached hydrogen (secondary N) is 2. The minimum atomic E-state index is 0. The minimum Gasteiger partial charge on any atom is -0.350 e. The lowest BCUT2D eigenvalue weighted by Gasteiger charge is -2.14. The largest absolute Gasteiger partial charge is 0.350 e. The molecule has 2 heterocycles. The van der Waals surface area contributed by atoms with Gasteiger partial charge in [-0.15, -0.1) is 46.7 Å². The zero-order valence-corrected chi connectivity index (χ0v) is 19.7. The van der Waals surface area contributed by atoms with Crippen molar-refractivity contribution in [2.24, 2.45) is 4.99 Å². The number of nitrogens with zero attached hydrogens (tertiary/aromatic N) is 3. The van der Waals surface area contributed by atoms with E-state index >= 15 is 0 Å². The lowest BCUT2D eigenvalue weighted by atomic mass is 9.93. The Hall–Kier alpha value is -0.740. The summed E-state index contributed by atoms with van der Waals surface area (Å²) in [5.41, 5.74) is 2.38.